The Bertz CT molecular complexity index is 234. The third kappa shape index (κ3) is 6.34. The fourth-order valence-electron chi connectivity index (χ4n) is 0.633. The zero-order valence-electron chi connectivity index (χ0n) is 8.63. The minimum atomic E-state index is -2.81. The number of halogens is 2. The highest BCUT2D eigenvalue weighted by Crippen LogP contribution is 2.13. The third-order valence-electron chi connectivity index (χ3n) is 1.11. The van der Waals surface area contributed by atoms with Gasteiger partial charge in [-0.15, -0.1) is 0 Å². The average molecular weight is 203 g/mol. The summed E-state index contributed by atoms with van der Waals surface area (Å²) in [5.74, 6) is -2.59. The summed E-state index contributed by atoms with van der Waals surface area (Å²) in [6.07, 6.45) is 1.49. The van der Waals surface area contributed by atoms with E-state index in [1.807, 2.05) is 13.8 Å². The molecule has 80 valence electrons. The number of pyridine rings is 1. The Morgan fingerprint density at radius 3 is 2.43 bits per heavy atom. The van der Waals surface area contributed by atoms with Gasteiger partial charge < -0.3 is 4.74 Å². The molecule has 0 saturated carbocycles. The first-order valence-corrected chi connectivity index (χ1v) is 4.49. The minimum absolute atomic E-state index is 0.221. The molecule has 1 rings (SSSR count). The van der Waals surface area contributed by atoms with Gasteiger partial charge in [0, 0.05) is 19.2 Å². The van der Waals surface area contributed by atoms with Gasteiger partial charge in [0.05, 0.1) is 0 Å². The zero-order valence-corrected chi connectivity index (χ0v) is 8.63. The second-order valence-electron chi connectivity index (χ2n) is 2.53. The number of nitrogens with zero attached hydrogens (tertiary/aromatic N) is 1. The molecule has 1 heterocycles. The second-order valence-corrected chi connectivity index (χ2v) is 2.53. The van der Waals surface area contributed by atoms with Gasteiger partial charge in [-0.25, -0.2) is 13.8 Å². The summed E-state index contributed by atoms with van der Waals surface area (Å²) in [7, 11) is 0. The van der Waals surface area contributed by atoms with Gasteiger partial charge in [0.1, 0.15) is 0 Å². The topological polar surface area (TPSA) is 22.1 Å². The van der Waals surface area contributed by atoms with Crippen LogP contribution in [0.2, 0.25) is 0 Å². The van der Waals surface area contributed by atoms with E-state index in [0.29, 0.717) is 0 Å². The van der Waals surface area contributed by atoms with Crippen molar-refractivity contribution in [2.45, 2.75) is 26.7 Å². The van der Waals surface area contributed by atoms with Crippen LogP contribution in [-0.4, -0.2) is 17.5 Å². The molecule has 1 aromatic rings. The Hall–Kier alpha value is -1.19. The number of aromatic nitrogens is 1. The molecule has 2 nitrogen and oxygen atoms in total. The van der Waals surface area contributed by atoms with E-state index in [9.17, 15) is 8.78 Å². The van der Waals surface area contributed by atoms with Gasteiger partial charge in [-0.2, -0.15) is 0 Å². The lowest BCUT2D eigenvalue weighted by Gasteiger charge is -2.10. The summed E-state index contributed by atoms with van der Waals surface area (Å²) < 4.78 is 29.2. The highest BCUT2D eigenvalue weighted by Gasteiger charge is 2.21. The summed E-state index contributed by atoms with van der Waals surface area (Å²) >= 11 is 0. The van der Waals surface area contributed by atoms with Crippen LogP contribution in [0.4, 0.5) is 8.78 Å². The second kappa shape index (κ2) is 6.29. The Labute approximate surface area is 82.9 Å². The molecule has 0 bridgehead atoms. The molecule has 0 fully saturated rings. The van der Waals surface area contributed by atoms with Crippen LogP contribution >= 0.6 is 0 Å². The normalized spacial score (nSPS) is 10.1. The number of ether oxygens (including phenoxy) is 1. The first-order valence-electron chi connectivity index (χ1n) is 4.49. The van der Waals surface area contributed by atoms with E-state index in [2.05, 4.69) is 4.98 Å². The van der Waals surface area contributed by atoms with Gasteiger partial charge >= 0.3 is 0 Å². The molecule has 0 saturated heterocycles. The predicted molar refractivity (Wildman–Crippen MR) is 51.7 cm³/mol. The maximum absolute atomic E-state index is 12.3. The molecule has 0 spiro atoms. The van der Waals surface area contributed by atoms with Crippen molar-refractivity contribution in [1.29, 1.82) is 0 Å². The van der Waals surface area contributed by atoms with Crippen molar-refractivity contribution in [2.24, 2.45) is 0 Å². The van der Waals surface area contributed by atoms with Crippen molar-refractivity contribution in [1.82, 2.24) is 4.98 Å². The van der Waals surface area contributed by atoms with Crippen molar-refractivity contribution in [3.63, 3.8) is 0 Å². The molecule has 4 heteroatoms. The molecule has 0 N–H and O–H groups in total. The van der Waals surface area contributed by atoms with Crippen LogP contribution in [0.3, 0.4) is 0 Å². The summed E-state index contributed by atoms with van der Waals surface area (Å²) in [6, 6.07) is 4.90. The van der Waals surface area contributed by atoms with Crippen molar-refractivity contribution in [2.75, 3.05) is 6.61 Å². The minimum Gasteiger partial charge on any atom is -0.471 e. The Kier molecular flexibility index (Phi) is 5.76. The molecular formula is C10H15F2NO. The SMILES string of the molecule is CC.CC(F)(F)COc1ccccn1. The Morgan fingerprint density at radius 2 is 2.00 bits per heavy atom. The lowest BCUT2D eigenvalue weighted by molar-refractivity contribution is -0.0242. The largest absolute Gasteiger partial charge is 0.471 e. The highest BCUT2D eigenvalue weighted by molar-refractivity contribution is 5.09. The molecule has 0 aliphatic rings. The summed E-state index contributed by atoms with van der Waals surface area (Å²) in [5.41, 5.74) is 0. The van der Waals surface area contributed by atoms with E-state index in [1.54, 1.807) is 12.1 Å². The van der Waals surface area contributed by atoms with Crippen LogP contribution in [0.15, 0.2) is 24.4 Å². The number of hydrogen-bond acceptors (Lipinski definition) is 2. The Balaban J connectivity index is 0.000000791. The smallest absolute Gasteiger partial charge is 0.278 e. The number of rotatable bonds is 3. The third-order valence-corrected chi connectivity index (χ3v) is 1.11. The van der Waals surface area contributed by atoms with E-state index in [-0.39, 0.29) is 5.88 Å². The van der Waals surface area contributed by atoms with Gasteiger partial charge in [0.2, 0.25) is 5.88 Å². The molecule has 14 heavy (non-hydrogen) atoms. The van der Waals surface area contributed by atoms with Crippen molar-refractivity contribution in [3.05, 3.63) is 24.4 Å². The monoisotopic (exact) mass is 203 g/mol. The standard InChI is InChI=1S/C8H9F2NO.C2H6/c1-8(9,10)6-12-7-4-2-3-5-11-7;1-2/h2-5H,6H2,1H3;1-2H3. The van der Waals surface area contributed by atoms with E-state index in [0.717, 1.165) is 6.92 Å². The van der Waals surface area contributed by atoms with Crippen molar-refractivity contribution >= 4 is 0 Å². The van der Waals surface area contributed by atoms with Crippen LogP contribution in [0.1, 0.15) is 20.8 Å². The molecule has 0 unspecified atom stereocenters. The molecule has 0 atom stereocenters. The predicted octanol–water partition coefficient (Wildman–Crippen LogP) is 3.14. The fourth-order valence-corrected chi connectivity index (χ4v) is 0.633. The van der Waals surface area contributed by atoms with E-state index in [4.69, 9.17) is 4.74 Å². The van der Waals surface area contributed by atoms with Crippen molar-refractivity contribution < 1.29 is 13.5 Å². The van der Waals surface area contributed by atoms with Crippen LogP contribution < -0.4 is 4.74 Å². The van der Waals surface area contributed by atoms with Crippen LogP contribution in [0, 0.1) is 0 Å². The van der Waals surface area contributed by atoms with Crippen LogP contribution in [-0.2, 0) is 0 Å². The average Bonchev–Trinajstić information content (AvgIpc) is 2.19. The maximum Gasteiger partial charge on any atom is 0.278 e. The van der Waals surface area contributed by atoms with E-state index in [1.165, 1.54) is 12.3 Å². The molecule has 0 aliphatic carbocycles. The summed E-state index contributed by atoms with van der Waals surface area (Å²) in [5, 5.41) is 0. The zero-order chi connectivity index (χ0) is 11.0. The lowest BCUT2D eigenvalue weighted by atomic mass is 10.4. The van der Waals surface area contributed by atoms with Crippen molar-refractivity contribution in [3.8, 4) is 5.88 Å². The van der Waals surface area contributed by atoms with Gasteiger partial charge in [-0.3, -0.25) is 0 Å². The number of hydrogen-bond donors (Lipinski definition) is 0. The molecular weight excluding hydrogens is 188 g/mol. The van der Waals surface area contributed by atoms with Crippen LogP contribution in [0.25, 0.3) is 0 Å². The Morgan fingerprint density at radius 1 is 1.36 bits per heavy atom. The van der Waals surface area contributed by atoms with Gasteiger partial charge in [-0.05, 0) is 6.07 Å². The maximum atomic E-state index is 12.3. The molecule has 0 radical (unpaired) electrons. The molecule has 0 amide bonds. The lowest BCUT2D eigenvalue weighted by Crippen LogP contribution is -2.21. The van der Waals surface area contributed by atoms with E-state index >= 15 is 0 Å². The molecule has 1 aromatic heterocycles. The van der Waals surface area contributed by atoms with Gasteiger partial charge in [-0.1, -0.05) is 19.9 Å². The summed E-state index contributed by atoms with van der Waals surface area (Å²) in [6.45, 7) is 4.17. The fraction of sp³-hybridized carbons (Fsp3) is 0.500. The quantitative estimate of drug-likeness (QED) is 0.752. The molecule has 0 aliphatic heterocycles. The first kappa shape index (κ1) is 12.8. The van der Waals surface area contributed by atoms with E-state index < -0.39 is 12.5 Å². The highest BCUT2D eigenvalue weighted by atomic mass is 19.3. The number of alkyl halides is 2. The first-order chi connectivity index (χ1) is 6.58. The van der Waals surface area contributed by atoms with Crippen LogP contribution in [0.5, 0.6) is 5.88 Å². The van der Waals surface area contributed by atoms with Gasteiger partial charge in [0.15, 0.2) is 6.61 Å². The summed E-state index contributed by atoms with van der Waals surface area (Å²) in [4.78, 5) is 3.73. The van der Waals surface area contributed by atoms with Gasteiger partial charge in [0.25, 0.3) is 5.92 Å². The molecule has 0 aromatic carbocycles.